The molecule has 1 aliphatic carbocycles. The number of fused-ring (bicyclic) bond motifs is 1. The number of hydrogen-bond donors (Lipinski definition) is 1. The second-order valence-electron chi connectivity index (χ2n) is 9.48. The topological polar surface area (TPSA) is 88.6 Å². The summed E-state index contributed by atoms with van der Waals surface area (Å²) < 4.78 is 2.34. The number of thioether (sulfide) groups is 1. The van der Waals surface area contributed by atoms with Crippen LogP contribution >= 0.6 is 24.0 Å². The lowest BCUT2D eigenvalue weighted by Crippen LogP contribution is -2.40. The Balaban J connectivity index is 1.63. The summed E-state index contributed by atoms with van der Waals surface area (Å²) in [6.45, 7) is 3.72. The number of nitrogens with zero attached hydrogens (tertiary/aromatic N) is 3. The fourth-order valence-corrected chi connectivity index (χ4v) is 7.05. The van der Waals surface area contributed by atoms with Gasteiger partial charge in [-0.3, -0.25) is 19.3 Å². The van der Waals surface area contributed by atoms with Crippen LogP contribution in [0.15, 0.2) is 34.0 Å². The van der Waals surface area contributed by atoms with E-state index in [1.54, 1.807) is 15.5 Å². The second-order valence-corrected chi connectivity index (χ2v) is 11.2. The molecule has 2 N–H and O–H groups in total. The minimum Gasteiger partial charge on any atom is -0.370 e. The van der Waals surface area contributed by atoms with Crippen molar-refractivity contribution >= 4 is 62.8 Å². The van der Waals surface area contributed by atoms with Crippen molar-refractivity contribution in [3.8, 4) is 0 Å². The molecule has 2 amide bonds. The number of carbonyl (C=O) groups excluding carboxylic acids is 2. The monoisotopic (exact) mass is 510 g/mol. The number of pyridine rings is 1. The van der Waals surface area contributed by atoms with Crippen molar-refractivity contribution < 1.29 is 9.59 Å². The minimum absolute atomic E-state index is 0.0964. The number of primary amides is 1. The number of hydrogen-bond acceptors (Lipinski definition) is 6. The zero-order valence-corrected chi connectivity index (χ0v) is 21.5. The lowest BCUT2D eigenvalue weighted by Gasteiger charge is -2.34. The molecule has 0 spiro atoms. The Morgan fingerprint density at radius 1 is 1.14 bits per heavy atom. The predicted octanol–water partition coefficient (Wildman–Crippen LogP) is 3.87. The van der Waals surface area contributed by atoms with Gasteiger partial charge in [-0.2, -0.15) is 0 Å². The van der Waals surface area contributed by atoms with Crippen LogP contribution in [0.5, 0.6) is 0 Å². The normalized spacial score (nSPS) is 21.1. The molecule has 1 saturated carbocycles. The van der Waals surface area contributed by atoms with Crippen LogP contribution in [0, 0.1) is 5.92 Å². The molecular formula is C26H30N4O3S2. The smallest absolute Gasteiger partial charge is 0.266 e. The number of rotatable bonds is 5. The van der Waals surface area contributed by atoms with Crippen molar-refractivity contribution in [2.75, 3.05) is 18.0 Å². The molecular weight excluding hydrogens is 480 g/mol. The van der Waals surface area contributed by atoms with Crippen molar-refractivity contribution in [1.82, 2.24) is 9.47 Å². The molecule has 1 aromatic heterocycles. The highest BCUT2D eigenvalue weighted by atomic mass is 32.2. The van der Waals surface area contributed by atoms with Crippen LogP contribution in [-0.2, 0) is 16.1 Å². The molecule has 7 nitrogen and oxygen atoms in total. The van der Waals surface area contributed by atoms with Gasteiger partial charge in [-0.1, -0.05) is 55.0 Å². The number of piperidine rings is 1. The van der Waals surface area contributed by atoms with E-state index in [-0.39, 0.29) is 29.3 Å². The predicted molar refractivity (Wildman–Crippen MR) is 145 cm³/mol. The Labute approximate surface area is 214 Å². The van der Waals surface area contributed by atoms with E-state index in [2.05, 4.69) is 4.90 Å². The molecule has 0 bridgehead atoms. The number of thiocarbonyl (C=S) groups is 1. The van der Waals surface area contributed by atoms with Crippen molar-refractivity contribution in [2.45, 2.75) is 58.0 Å². The van der Waals surface area contributed by atoms with Gasteiger partial charge in [-0.25, -0.2) is 0 Å². The SMILES string of the molecule is CCn1c(=O)c(C=C2SC(=S)N(C3CCCC3)C2=O)c(N2CCC(C(N)=O)CC2)c2ccccc21. The van der Waals surface area contributed by atoms with Gasteiger partial charge < -0.3 is 15.2 Å². The van der Waals surface area contributed by atoms with Crippen LogP contribution in [0.2, 0.25) is 0 Å². The van der Waals surface area contributed by atoms with Gasteiger partial charge >= 0.3 is 0 Å². The Morgan fingerprint density at radius 2 is 1.83 bits per heavy atom. The molecule has 3 fully saturated rings. The van der Waals surface area contributed by atoms with E-state index < -0.39 is 0 Å². The van der Waals surface area contributed by atoms with Gasteiger partial charge in [0.2, 0.25) is 5.91 Å². The summed E-state index contributed by atoms with van der Waals surface area (Å²) in [4.78, 5) is 43.4. The number of carbonyl (C=O) groups is 2. The summed E-state index contributed by atoms with van der Waals surface area (Å²) in [5.41, 5.74) is 7.63. The molecule has 3 aliphatic rings. The highest BCUT2D eigenvalue weighted by molar-refractivity contribution is 8.26. The molecule has 5 rings (SSSR count). The van der Waals surface area contributed by atoms with E-state index in [1.165, 1.54) is 11.8 Å². The standard InChI is InChI=1S/C26H30N4O3S2/c1-2-29-20-10-6-5-9-18(20)22(28-13-11-16(12-14-28)23(27)31)19(24(29)32)15-21-25(33)30(26(34)35-21)17-7-3-4-8-17/h5-6,9-10,15-17H,2-4,7-8,11-14H2,1H3,(H2,27,31). The molecule has 1 aromatic carbocycles. The van der Waals surface area contributed by atoms with Crippen molar-refractivity contribution in [3.05, 3.63) is 45.1 Å². The number of amides is 2. The molecule has 2 aromatic rings. The maximum absolute atomic E-state index is 13.8. The number of aryl methyl sites for hydroxylation is 1. The van der Waals surface area contributed by atoms with Crippen LogP contribution in [0.25, 0.3) is 17.0 Å². The van der Waals surface area contributed by atoms with Crippen LogP contribution in [0.3, 0.4) is 0 Å². The molecule has 0 radical (unpaired) electrons. The fourth-order valence-electron chi connectivity index (χ4n) is 5.67. The molecule has 35 heavy (non-hydrogen) atoms. The summed E-state index contributed by atoms with van der Waals surface area (Å²) >= 11 is 6.88. The van der Waals surface area contributed by atoms with Gasteiger partial charge in [-0.15, -0.1) is 0 Å². The highest BCUT2D eigenvalue weighted by Gasteiger charge is 2.38. The Bertz CT molecular complexity index is 1290. The summed E-state index contributed by atoms with van der Waals surface area (Å²) in [5, 5.41) is 0.962. The first-order chi connectivity index (χ1) is 16.9. The maximum atomic E-state index is 13.8. The van der Waals surface area contributed by atoms with Crippen LogP contribution in [0.4, 0.5) is 5.69 Å². The van der Waals surface area contributed by atoms with Gasteiger partial charge in [0.1, 0.15) is 4.32 Å². The highest BCUT2D eigenvalue weighted by Crippen LogP contribution is 2.40. The van der Waals surface area contributed by atoms with Gasteiger partial charge in [0, 0.05) is 37.0 Å². The average molecular weight is 511 g/mol. The van der Waals surface area contributed by atoms with E-state index in [0.717, 1.165) is 42.3 Å². The summed E-state index contributed by atoms with van der Waals surface area (Å²) in [5.74, 6) is -0.521. The van der Waals surface area contributed by atoms with E-state index in [0.29, 0.717) is 47.3 Å². The zero-order valence-electron chi connectivity index (χ0n) is 19.9. The largest absolute Gasteiger partial charge is 0.370 e. The third-order valence-electron chi connectivity index (χ3n) is 7.50. The van der Waals surface area contributed by atoms with Gasteiger partial charge in [0.25, 0.3) is 11.5 Å². The van der Waals surface area contributed by atoms with E-state index in [4.69, 9.17) is 18.0 Å². The molecule has 2 saturated heterocycles. The fraction of sp³-hybridized carbons (Fsp3) is 0.462. The van der Waals surface area contributed by atoms with Gasteiger partial charge in [0.05, 0.1) is 21.7 Å². The second kappa shape index (κ2) is 9.78. The zero-order chi connectivity index (χ0) is 24.7. The lowest BCUT2D eigenvalue weighted by atomic mass is 9.94. The average Bonchev–Trinajstić information content (AvgIpc) is 3.47. The number of benzene rings is 1. The van der Waals surface area contributed by atoms with Gasteiger partial charge in [-0.05, 0) is 44.7 Å². The molecule has 2 aliphatic heterocycles. The van der Waals surface area contributed by atoms with Crippen LogP contribution in [0.1, 0.15) is 51.0 Å². The third-order valence-corrected chi connectivity index (χ3v) is 8.83. The number of aromatic nitrogens is 1. The minimum atomic E-state index is -0.272. The van der Waals surface area contributed by atoms with Crippen LogP contribution < -0.4 is 16.2 Å². The van der Waals surface area contributed by atoms with Gasteiger partial charge in [0.15, 0.2) is 0 Å². The first-order valence-electron chi connectivity index (χ1n) is 12.4. The van der Waals surface area contributed by atoms with Crippen LogP contribution in [-0.4, -0.2) is 44.7 Å². The third kappa shape index (κ3) is 4.29. The first kappa shape index (κ1) is 24.1. The summed E-state index contributed by atoms with van der Waals surface area (Å²) in [6.07, 6.45) is 7.20. The first-order valence-corrected chi connectivity index (χ1v) is 13.6. The van der Waals surface area contributed by atoms with Crippen molar-refractivity contribution in [3.63, 3.8) is 0 Å². The van der Waals surface area contributed by atoms with Crippen molar-refractivity contribution in [2.24, 2.45) is 11.7 Å². The Morgan fingerprint density at radius 3 is 2.49 bits per heavy atom. The Kier molecular flexibility index (Phi) is 6.72. The number of para-hydroxylation sites is 1. The van der Waals surface area contributed by atoms with E-state index >= 15 is 0 Å². The maximum Gasteiger partial charge on any atom is 0.266 e. The quantitative estimate of drug-likeness (QED) is 0.485. The summed E-state index contributed by atoms with van der Waals surface area (Å²) in [6, 6.07) is 8.05. The van der Waals surface area contributed by atoms with E-state index in [1.807, 2.05) is 31.2 Å². The molecule has 9 heteroatoms. The molecule has 184 valence electrons. The lowest BCUT2D eigenvalue weighted by molar-refractivity contribution is -0.124. The molecule has 3 heterocycles. The van der Waals surface area contributed by atoms with Crippen molar-refractivity contribution in [1.29, 1.82) is 0 Å². The molecule has 0 atom stereocenters. The van der Waals surface area contributed by atoms with E-state index in [9.17, 15) is 14.4 Å². The number of anilines is 1. The number of nitrogens with two attached hydrogens (primary N) is 1. The summed E-state index contributed by atoms with van der Waals surface area (Å²) in [7, 11) is 0. The Hall–Kier alpha value is -2.65. The molecule has 0 unspecified atom stereocenters.